The predicted molar refractivity (Wildman–Crippen MR) is 117 cm³/mol. The first kappa shape index (κ1) is 19.4. The number of carbonyl (C=O) groups is 1. The van der Waals surface area contributed by atoms with Crippen molar-refractivity contribution >= 4 is 46.0 Å². The number of aryl methyl sites for hydroxylation is 2. The molecule has 0 atom stereocenters. The molecule has 0 aliphatic rings. The fraction of sp³-hybridized carbons (Fsp3) is 0.143. The van der Waals surface area contributed by atoms with Crippen molar-refractivity contribution in [3.05, 3.63) is 71.1 Å². The molecule has 4 aromatic rings. The van der Waals surface area contributed by atoms with Gasteiger partial charge in [-0.2, -0.15) is 5.10 Å². The van der Waals surface area contributed by atoms with Gasteiger partial charge in [0.1, 0.15) is 11.4 Å². The van der Waals surface area contributed by atoms with Crippen molar-refractivity contribution in [2.24, 2.45) is 0 Å². The smallest absolute Gasteiger partial charge is 0.234 e. The highest BCUT2D eigenvalue weighted by atomic mass is 35.5. The van der Waals surface area contributed by atoms with Gasteiger partial charge in [0.25, 0.3) is 0 Å². The zero-order valence-corrected chi connectivity index (χ0v) is 17.5. The molecule has 4 rings (SSSR count). The third-order valence-corrected chi connectivity index (χ3v) is 5.63. The van der Waals surface area contributed by atoms with Crippen molar-refractivity contribution in [1.29, 1.82) is 0 Å². The maximum absolute atomic E-state index is 12.4. The van der Waals surface area contributed by atoms with Gasteiger partial charge in [0.05, 0.1) is 23.0 Å². The monoisotopic (exact) mass is 423 g/mol. The number of anilines is 1. The fourth-order valence-corrected chi connectivity index (χ4v) is 3.87. The lowest BCUT2D eigenvalue weighted by Gasteiger charge is -2.09. The van der Waals surface area contributed by atoms with E-state index in [1.807, 2.05) is 56.3 Å². The third kappa shape index (κ3) is 4.26. The van der Waals surface area contributed by atoms with Crippen LogP contribution in [-0.2, 0) is 4.79 Å². The van der Waals surface area contributed by atoms with Crippen LogP contribution in [-0.4, -0.2) is 31.4 Å². The SMILES string of the molecule is Cc1ccc(C)c(NC(=O)CSc2ncnc3c2cnn3-c2cccc(Cl)c2)c1. The summed E-state index contributed by atoms with van der Waals surface area (Å²) in [5, 5.41) is 9.51. The van der Waals surface area contributed by atoms with Crippen molar-refractivity contribution in [2.45, 2.75) is 18.9 Å². The molecule has 0 saturated heterocycles. The van der Waals surface area contributed by atoms with E-state index in [9.17, 15) is 4.79 Å². The number of thioether (sulfide) groups is 1. The maximum atomic E-state index is 12.4. The van der Waals surface area contributed by atoms with Crippen molar-refractivity contribution in [2.75, 3.05) is 11.1 Å². The van der Waals surface area contributed by atoms with Crippen LogP contribution in [0.3, 0.4) is 0 Å². The maximum Gasteiger partial charge on any atom is 0.234 e. The molecule has 0 bridgehead atoms. The van der Waals surface area contributed by atoms with Crippen LogP contribution in [0.25, 0.3) is 16.7 Å². The van der Waals surface area contributed by atoms with Gasteiger partial charge in [-0.1, -0.05) is 41.6 Å². The van der Waals surface area contributed by atoms with Crippen LogP contribution in [0.1, 0.15) is 11.1 Å². The van der Waals surface area contributed by atoms with Crippen LogP contribution in [0.4, 0.5) is 5.69 Å². The number of aromatic nitrogens is 4. The molecule has 2 aromatic heterocycles. The highest BCUT2D eigenvalue weighted by Gasteiger charge is 2.14. The molecule has 1 amide bonds. The van der Waals surface area contributed by atoms with Gasteiger partial charge >= 0.3 is 0 Å². The lowest BCUT2D eigenvalue weighted by atomic mass is 10.1. The summed E-state index contributed by atoms with van der Waals surface area (Å²) >= 11 is 7.45. The Balaban J connectivity index is 1.53. The molecular weight excluding hydrogens is 406 g/mol. The van der Waals surface area contributed by atoms with Gasteiger partial charge in [0, 0.05) is 10.7 Å². The number of nitrogens with one attached hydrogen (secondary N) is 1. The average molecular weight is 424 g/mol. The topological polar surface area (TPSA) is 72.7 Å². The Morgan fingerprint density at radius 3 is 2.86 bits per heavy atom. The number of nitrogens with zero attached hydrogens (tertiary/aromatic N) is 4. The minimum atomic E-state index is -0.0855. The van der Waals surface area contributed by atoms with Crippen molar-refractivity contribution < 1.29 is 4.79 Å². The van der Waals surface area contributed by atoms with Crippen LogP contribution in [0.5, 0.6) is 0 Å². The summed E-state index contributed by atoms with van der Waals surface area (Å²) in [6, 6.07) is 13.4. The Labute approximate surface area is 177 Å². The Morgan fingerprint density at radius 1 is 1.17 bits per heavy atom. The molecule has 1 N–H and O–H groups in total. The second-order valence-corrected chi connectivity index (χ2v) is 8.01. The van der Waals surface area contributed by atoms with Gasteiger partial charge in [-0.15, -0.1) is 0 Å². The molecule has 0 radical (unpaired) electrons. The second kappa shape index (κ2) is 8.23. The van der Waals surface area contributed by atoms with E-state index in [1.165, 1.54) is 18.1 Å². The number of rotatable bonds is 5. The van der Waals surface area contributed by atoms with Crippen LogP contribution in [0.15, 0.2) is 60.0 Å². The number of hydrogen-bond donors (Lipinski definition) is 1. The first-order chi connectivity index (χ1) is 14.0. The van der Waals surface area contributed by atoms with Gasteiger partial charge in [-0.25, -0.2) is 14.6 Å². The third-order valence-electron chi connectivity index (χ3n) is 4.39. The van der Waals surface area contributed by atoms with E-state index in [0.717, 1.165) is 27.9 Å². The first-order valence-electron chi connectivity index (χ1n) is 8.96. The summed E-state index contributed by atoms with van der Waals surface area (Å²) in [7, 11) is 0. The standard InChI is InChI=1S/C21H18ClN5OS/c1-13-6-7-14(2)18(8-13)26-19(28)11-29-21-17-10-25-27(20(17)23-12-24-21)16-5-3-4-15(22)9-16/h3-10,12H,11H2,1-2H3,(H,26,28). The van der Waals surface area contributed by atoms with Crippen LogP contribution in [0, 0.1) is 13.8 Å². The second-order valence-electron chi connectivity index (χ2n) is 6.61. The summed E-state index contributed by atoms with van der Waals surface area (Å²) < 4.78 is 1.71. The highest BCUT2D eigenvalue weighted by molar-refractivity contribution is 8.00. The molecule has 146 valence electrons. The van der Waals surface area contributed by atoms with Crippen LogP contribution < -0.4 is 5.32 Å². The molecule has 0 saturated carbocycles. The molecule has 6 nitrogen and oxygen atoms in total. The van der Waals surface area contributed by atoms with Gasteiger partial charge in [0.2, 0.25) is 5.91 Å². The van der Waals surface area contributed by atoms with Crippen molar-refractivity contribution in [3.63, 3.8) is 0 Å². The molecule has 0 aliphatic carbocycles. The van der Waals surface area contributed by atoms with Crippen LogP contribution in [0.2, 0.25) is 5.02 Å². The largest absolute Gasteiger partial charge is 0.325 e. The summed E-state index contributed by atoms with van der Waals surface area (Å²) in [5.41, 5.74) is 4.44. The molecule has 2 aromatic carbocycles. The van der Waals surface area contributed by atoms with E-state index in [4.69, 9.17) is 11.6 Å². The molecule has 0 unspecified atom stereocenters. The molecule has 0 aliphatic heterocycles. The Hall–Kier alpha value is -2.90. The van der Waals surface area contributed by atoms with E-state index < -0.39 is 0 Å². The highest BCUT2D eigenvalue weighted by Crippen LogP contribution is 2.27. The predicted octanol–water partition coefficient (Wildman–Crippen LogP) is 4.82. The lowest BCUT2D eigenvalue weighted by Crippen LogP contribution is -2.15. The average Bonchev–Trinajstić information content (AvgIpc) is 3.14. The van der Waals surface area contributed by atoms with Crippen molar-refractivity contribution in [3.8, 4) is 5.69 Å². The molecule has 29 heavy (non-hydrogen) atoms. The Bertz CT molecular complexity index is 1210. The molecule has 0 spiro atoms. The van der Waals surface area contributed by atoms with E-state index in [0.29, 0.717) is 15.7 Å². The number of fused-ring (bicyclic) bond motifs is 1. The van der Waals surface area contributed by atoms with Gasteiger partial charge in [-0.3, -0.25) is 4.79 Å². The number of amides is 1. The Kier molecular flexibility index (Phi) is 5.51. The van der Waals surface area contributed by atoms with E-state index >= 15 is 0 Å². The molecule has 0 fully saturated rings. The minimum Gasteiger partial charge on any atom is -0.325 e. The number of halogens is 1. The molecule has 8 heteroatoms. The summed E-state index contributed by atoms with van der Waals surface area (Å²) in [4.78, 5) is 21.1. The number of hydrogen-bond acceptors (Lipinski definition) is 5. The van der Waals surface area contributed by atoms with Crippen molar-refractivity contribution in [1.82, 2.24) is 19.7 Å². The van der Waals surface area contributed by atoms with Gasteiger partial charge in [-0.05, 0) is 49.2 Å². The van der Waals surface area contributed by atoms with Crippen LogP contribution >= 0.6 is 23.4 Å². The summed E-state index contributed by atoms with van der Waals surface area (Å²) in [6.07, 6.45) is 3.19. The molecular formula is C21H18ClN5OS. The zero-order chi connectivity index (χ0) is 20.4. The minimum absolute atomic E-state index is 0.0855. The number of carbonyl (C=O) groups excluding carboxylic acids is 1. The lowest BCUT2D eigenvalue weighted by molar-refractivity contribution is -0.113. The Morgan fingerprint density at radius 2 is 2.03 bits per heavy atom. The van der Waals surface area contributed by atoms with Gasteiger partial charge in [0.15, 0.2) is 5.65 Å². The quantitative estimate of drug-likeness (QED) is 0.368. The summed E-state index contributed by atoms with van der Waals surface area (Å²) in [6.45, 7) is 3.97. The summed E-state index contributed by atoms with van der Waals surface area (Å²) in [5.74, 6) is 0.152. The fourth-order valence-electron chi connectivity index (χ4n) is 2.93. The van der Waals surface area contributed by atoms with E-state index in [2.05, 4.69) is 20.4 Å². The number of benzene rings is 2. The first-order valence-corrected chi connectivity index (χ1v) is 10.3. The van der Waals surface area contributed by atoms with E-state index in [-0.39, 0.29) is 11.7 Å². The zero-order valence-electron chi connectivity index (χ0n) is 15.9. The normalized spacial score (nSPS) is 11.0. The van der Waals surface area contributed by atoms with Gasteiger partial charge < -0.3 is 5.32 Å². The molecule has 2 heterocycles. The van der Waals surface area contributed by atoms with E-state index in [1.54, 1.807) is 10.9 Å².